The minimum atomic E-state index is -0.387. The Morgan fingerprint density at radius 3 is 2.39 bits per heavy atom. The molecule has 1 amide bonds. The molecule has 0 radical (unpaired) electrons. The molecular weight excluding hydrogens is 382 g/mol. The van der Waals surface area contributed by atoms with Gasteiger partial charge in [0, 0.05) is 23.9 Å². The van der Waals surface area contributed by atoms with Crippen LogP contribution in [0, 0.1) is 0 Å². The zero-order chi connectivity index (χ0) is 20.1. The van der Waals surface area contributed by atoms with E-state index in [1.54, 1.807) is 12.1 Å². The standard InChI is InChI=1S/C19H19N3O5S/c1-25-14-7-12(8-15(26-2)19(14)27-3)21-17(23)10-22-11-20-13(9-18(22)24)16-5-4-6-28-16/h4-9,11H,10H2,1-3H3,(H,21,23). The van der Waals surface area contributed by atoms with Crippen molar-refractivity contribution in [1.82, 2.24) is 9.55 Å². The molecule has 9 heteroatoms. The number of hydrogen-bond donors (Lipinski definition) is 1. The Bertz CT molecular complexity index is 1010. The zero-order valence-electron chi connectivity index (χ0n) is 15.6. The van der Waals surface area contributed by atoms with Crippen LogP contribution in [0.1, 0.15) is 0 Å². The van der Waals surface area contributed by atoms with Crippen molar-refractivity contribution in [3.05, 3.63) is 52.4 Å². The Hall–Kier alpha value is -3.33. The molecule has 146 valence electrons. The second-order valence-electron chi connectivity index (χ2n) is 5.68. The third-order valence-electron chi connectivity index (χ3n) is 3.92. The van der Waals surface area contributed by atoms with Crippen LogP contribution in [-0.4, -0.2) is 36.8 Å². The van der Waals surface area contributed by atoms with Gasteiger partial charge in [0.2, 0.25) is 11.7 Å². The molecule has 2 heterocycles. The second-order valence-corrected chi connectivity index (χ2v) is 6.63. The molecule has 8 nitrogen and oxygen atoms in total. The highest BCUT2D eigenvalue weighted by molar-refractivity contribution is 7.13. The highest BCUT2D eigenvalue weighted by Crippen LogP contribution is 2.39. The van der Waals surface area contributed by atoms with Gasteiger partial charge in [-0.1, -0.05) is 6.07 Å². The summed E-state index contributed by atoms with van der Waals surface area (Å²) in [5.74, 6) is 0.863. The van der Waals surface area contributed by atoms with E-state index in [1.807, 2.05) is 17.5 Å². The molecule has 3 rings (SSSR count). The van der Waals surface area contributed by atoms with E-state index in [9.17, 15) is 9.59 Å². The Morgan fingerprint density at radius 2 is 1.86 bits per heavy atom. The maximum absolute atomic E-state index is 12.4. The fourth-order valence-corrected chi connectivity index (χ4v) is 3.31. The predicted octanol–water partition coefficient (Wildman–Crippen LogP) is 2.64. The molecule has 0 fully saturated rings. The monoisotopic (exact) mass is 401 g/mol. The van der Waals surface area contributed by atoms with Gasteiger partial charge in [0.15, 0.2) is 11.5 Å². The van der Waals surface area contributed by atoms with E-state index in [4.69, 9.17) is 14.2 Å². The molecule has 1 N–H and O–H groups in total. The van der Waals surface area contributed by atoms with Crippen LogP contribution in [-0.2, 0) is 11.3 Å². The number of nitrogens with one attached hydrogen (secondary N) is 1. The molecule has 28 heavy (non-hydrogen) atoms. The maximum atomic E-state index is 12.4. The summed E-state index contributed by atoms with van der Waals surface area (Å²) in [4.78, 5) is 29.8. The van der Waals surface area contributed by atoms with Crippen molar-refractivity contribution in [2.45, 2.75) is 6.54 Å². The number of rotatable bonds is 7. The van der Waals surface area contributed by atoms with Crippen LogP contribution in [0.3, 0.4) is 0 Å². The molecule has 0 saturated heterocycles. The van der Waals surface area contributed by atoms with E-state index in [2.05, 4.69) is 10.3 Å². The van der Waals surface area contributed by atoms with Gasteiger partial charge in [0.25, 0.3) is 5.56 Å². The van der Waals surface area contributed by atoms with E-state index in [-0.39, 0.29) is 18.0 Å². The van der Waals surface area contributed by atoms with Gasteiger partial charge in [-0.25, -0.2) is 4.98 Å². The molecule has 0 spiro atoms. The average Bonchev–Trinajstić information content (AvgIpc) is 3.23. The molecule has 3 aromatic rings. The molecule has 0 unspecified atom stereocenters. The Balaban J connectivity index is 1.76. The fraction of sp³-hybridized carbons (Fsp3) is 0.211. The number of anilines is 1. The van der Waals surface area contributed by atoms with Crippen LogP contribution in [0.5, 0.6) is 17.2 Å². The number of hydrogen-bond acceptors (Lipinski definition) is 7. The molecule has 0 aliphatic carbocycles. The zero-order valence-corrected chi connectivity index (χ0v) is 16.4. The highest BCUT2D eigenvalue weighted by atomic mass is 32.1. The van der Waals surface area contributed by atoms with Gasteiger partial charge >= 0.3 is 0 Å². The Kier molecular flexibility index (Phi) is 5.95. The summed E-state index contributed by atoms with van der Waals surface area (Å²) in [5.41, 5.74) is 0.732. The van der Waals surface area contributed by atoms with Crippen molar-refractivity contribution in [3.63, 3.8) is 0 Å². The van der Waals surface area contributed by atoms with Crippen molar-refractivity contribution in [2.75, 3.05) is 26.6 Å². The van der Waals surface area contributed by atoms with Gasteiger partial charge in [-0.05, 0) is 11.4 Å². The van der Waals surface area contributed by atoms with E-state index in [0.717, 1.165) is 4.88 Å². The predicted molar refractivity (Wildman–Crippen MR) is 107 cm³/mol. The normalized spacial score (nSPS) is 10.4. The minimum absolute atomic E-state index is 0.173. The van der Waals surface area contributed by atoms with Gasteiger partial charge in [-0.2, -0.15) is 0 Å². The lowest BCUT2D eigenvalue weighted by Crippen LogP contribution is -2.27. The van der Waals surface area contributed by atoms with Gasteiger partial charge < -0.3 is 19.5 Å². The first-order valence-electron chi connectivity index (χ1n) is 8.26. The quantitative estimate of drug-likeness (QED) is 0.654. The number of ether oxygens (including phenoxy) is 3. The number of nitrogens with zero attached hydrogens (tertiary/aromatic N) is 2. The number of methoxy groups -OCH3 is 3. The van der Waals surface area contributed by atoms with E-state index >= 15 is 0 Å². The first-order chi connectivity index (χ1) is 13.5. The first kappa shape index (κ1) is 19.4. The van der Waals surface area contributed by atoms with E-state index in [0.29, 0.717) is 28.6 Å². The smallest absolute Gasteiger partial charge is 0.254 e. The summed E-state index contributed by atoms with van der Waals surface area (Å²) in [6, 6.07) is 8.41. The third kappa shape index (κ3) is 4.15. The highest BCUT2D eigenvalue weighted by Gasteiger charge is 2.15. The van der Waals surface area contributed by atoms with E-state index < -0.39 is 0 Å². The summed E-state index contributed by atoms with van der Waals surface area (Å²) >= 11 is 1.49. The number of thiophene rings is 1. The fourth-order valence-electron chi connectivity index (χ4n) is 2.61. The molecule has 0 saturated carbocycles. The first-order valence-corrected chi connectivity index (χ1v) is 9.14. The van der Waals surface area contributed by atoms with Crippen LogP contribution >= 0.6 is 11.3 Å². The molecule has 0 atom stereocenters. The number of benzene rings is 1. The summed E-state index contributed by atoms with van der Waals surface area (Å²) in [5, 5.41) is 4.63. The van der Waals surface area contributed by atoms with Crippen LogP contribution in [0.2, 0.25) is 0 Å². The number of amides is 1. The minimum Gasteiger partial charge on any atom is -0.493 e. The molecule has 0 aliphatic heterocycles. The lowest BCUT2D eigenvalue weighted by molar-refractivity contribution is -0.116. The molecule has 0 bridgehead atoms. The van der Waals surface area contributed by atoms with Crippen molar-refractivity contribution in [3.8, 4) is 27.8 Å². The van der Waals surface area contributed by atoms with Gasteiger partial charge in [0.1, 0.15) is 6.54 Å². The Labute approximate surface area is 165 Å². The molecule has 1 aromatic carbocycles. The maximum Gasteiger partial charge on any atom is 0.254 e. The van der Waals surface area contributed by atoms with Crippen LogP contribution in [0.4, 0.5) is 5.69 Å². The summed E-state index contributed by atoms with van der Waals surface area (Å²) in [6.45, 7) is -0.173. The second kappa shape index (κ2) is 8.57. The lowest BCUT2D eigenvalue weighted by Gasteiger charge is -2.14. The van der Waals surface area contributed by atoms with Crippen molar-refractivity contribution >= 4 is 22.9 Å². The van der Waals surface area contributed by atoms with Crippen LogP contribution < -0.4 is 25.1 Å². The average molecular weight is 401 g/mol. The van der Waals surface area contributed by atoms with Gasteiger partial charge in [0.05, 0.1) is 38.2 Å². The number of carbonyl (C=O) groups is 1. The lowest BCUT2D eigenvalue weighted by atomic mass is 10.2. The summed E-state index contributed by atoms with van der Waals surface area (Å²) in [6.07, 6.45) is 1.37. The molecule has 2 aromatic heterocycles. The van der Waals surface area contributed by atoms with Crippen molar-refractivity contribution in [1.29, 1.82) is 0 Å². The largest absolute Gasteiger partial charge is 0.493 e. The topological polar surface area (TPSA) is 91.7 Å². The number of carbonyl (C=O) groups excluding carboxylic acids is 1. The third-order valence-corrected chi connectivity index (χ3v) is 4.81. The molecule has 0 aliphatic rings. The molecular formula is C19H19N3O5S. The van der Waals surface area contributed by atoms with Crippen molar-refractivity contribution in [2.24, 2.45) is 0 Å². The van der Waals surface area contributed by atoms with Crippen LogP contribution in [0.15, 0.2) is 46.8 Å². The summed E-state index contributed by atoms with van der Waals surface area (Å²) in [7, 11) is 4.48. The van der Waals surface area contributed by atoms with Crippen LogP contribution in [0.25, 0.3) is 10.6 Å². The van der Waals surface area contributed by atoms with Crippen molar-refractivity contribution < 1.29 is 19.0 Å². The number of aromatic nitrogens is 2. The Morgan fingerprint density at radius 1 is 1.14 bits per heavy atom. The van der Waals surface area contributed by atoms with E-state index in [1.165, 1.54) is 49.6 Å². The summed E-state index contributed by atoms with van der Waals surface area (Å²) < 4.78 is 17.0. The van der Waals surface area contributed by atoms with Gasteiger partial charge in [-0.3, -0.25) is 14.2 Å². The SMILES string of the molecule is COc1cc(NC(=O)Cn2cnc(-c3cccs3)cc2=O)cc(OC)c1OC. The van der Waals surface area contributed by atoms with Gasteiger partial charge in [-0.15, -0.1) is 11.3 Å².